The second kappa shape index (κ2) is 6.96. The van der Waals surface area contributed by atoms with Gasteiger partial charge in [0.25, 0.3) is 0 Å². The zero-order valence-electron chi connectivity index (χ0n) is 12.9. The molecule has 0 aliphatic heterocycles. The summed E-state index contributed by atoms with van der Waals surface area (Å²) in [6.07, 6.45) is 7.83. The molecule has 1 aliphatic carbocycles. The number of anilines is 1. The maximum Gasteiger partial charge on any atom is 0.229 e. The van der Waals surface area contributed by atoms with Crippen LogP contribution in [0.4, 0.5) is 5.69 Å². The predicted molar refractivity (Wildman–Crippen MR) is 87.9 cm³/mol. The van der Waals surface area contributed by atoms with Crippen molar-refractivity contribution in [2.45, 2.75) is 32.2 Å². The Hall–Kier alpha value is -1.82. The average molecular weight is 322 g/mol. The predicted octanol–water partition coefficient (Wildman–Crippen LogP) is 2.59. The molecule has 2 atom stereocenters. The van der Waals surface area contributed by atoms with Gasteiger partial charge in [-0.25, -0.2) is 8.42 Å². The molecule has 2 N–H and O–H groups in total. The molecule has 22 heavy (non-hydrogen) atoms. The molecule has 0 heterocycles. The van der Waals surface area contributed by atoms with Gasteiger partial charge in [0.2, 0.25) is 15.9 Å². The highest BCUT2D eigenvalue weighted by atomic mass is 32.2. The summed E-state index contributed by atoms with van der Waals surface area (Å²) in [5.74, 6) is 0.301. The lowest BCUT2D eigenvalue weighted by Gasteiger charge is -2.19. The van der Waals surface area contributed by atoms with E-state index in [-0.39, 0.29) is 11.9 Å². The van der Waals surface area contributed by atoms with Gasteiger partial charge in [-0.05, 0) is 37.3 Å². The fourth-order valence-electron chi connectivity index (χ4n) is 2.65. The normalized spacial score (nSPS) is 18.9. The van der Waals surface area contributed by atoms with Crippen molar-refractivity contribution in [1.29, 1.82) is 0 Å². The molecule has 120 valence electrons. The first kappa shape index (κ1) is 16.5. The Bertz CT molecular complexity index is 668. The van der Waals surface area contributed by atoms with Crippen molar-refractivity contribution in [3.63, 3.8) is 0 Å². The van der Waals surface area contributed by atoms with E-state index in [2.05, 4.69) is 22.2 Å². The molecule has 0 fully saturated rings. The first-order valence-electron chi connectivity index (χ1n) is 7.38. The molecule has 1 aromatic rings. The minimum atomic E-state index is -3.35. The molecule has 0 bridgehead atoms. The molecule has 0 aromatic heterocycles. The molecular formula is C16H22N2O3S. The Kier molecular flexibility index (Phi) is 5.24. The molecule has 6 heteroatoms. The van der Waals surface area contributed by atoms with Gasteiger partial charge in [0.1, 0.15) is 0 Å². The highest BCUT2D eigenvalue weighted by molar-refractivity contribution is 7.92. The lowest BCUT2D eigenvalue weighted by atomic mass is 10.0. The minimum absolute atomic E-state index is 0.0155. The Morgan fingerprint density at radius 2 is 2.09 bits per heavy atom. The van der Waals surface area contributed by atoms with Gasteiger partial charge < -0.3 is 5.32 Å². The van der Waals surface area contributed by atoms with Crippen molar-refractivity contribution in [3.8, 4) is 0 Å². The van der Waals surface area contributed by atoms with Gasteiger partial charge in [0.05, 0.1) is 18.0 Å². The van der Waals surface area contributed by atoms with Crippen molar-refractivity contribution in [3.05, 3.63) is 42.0 Å². The zero-order chi connectivity index (χ0) is 16.2. The second-order valence-corrected chi connectivity index (χ2v) is 7.47. The molecule has 1 amide bonds. The summed E-state index contributed by atoms with van der Waals surface area (Å²) in [5, 5.41) is 2.94. The Labute approximate surface area is 131 Å². The van der Waals surface area contributed by atoms with Crippen LogP contribution in [0.25, 0.3) is 0 Å². The van der Waals surface area contributed by atoms with Gasteiger partial charge in [-0.15, -0.1) is 0 Å². The first-order valence-corrected chi connectivity index (χ1v) is 9.27. The van der Waals surface area contributed by atoms with Gasteiger partial charge in [0, 0.05) is 6.42 Å². The number of rotatable bonds is 6. The largest absolute Gasteiger partial charge is 0.349 e. The SMILES string of the molecule is C[C@@H](NC(=O)C[C@H]1C=CCC1)c1ccccc1NS(C)(=O)=O. The smallest absolute Gasteiger partial charge is 0.229 e. The van der Waals surface area contributed by atoms with Crippen LogP contribution >= 0.6 is 0 Å². The van der Waals surface area contributed by atoms with E-state index in [4.69, 9.17) is 0 Å². The van der Waals surface area contributed by atoms with E-state index in [0.29, 0.717) is 18.0 Å². The van der Waals surface area contributed by atoms with E-state index < -0.39 is 10.0 Å². The summed E-state index contributed by atoms with van der Waals surface area (Å²) >= 11 is 0. The molecule has 0 radical (unpaired) electrons. The quantitative estimate of drug-likeness (QED) is 0.791. The number of benzene rings is 1. The summed E-state index contributed by atoms with van der Waals surface area (Å²) in [6, 6.07) is 6.83. The van der Waals surface area contributed by atoms with Crippen LogP contribution in [-0.4, -0.2) is 20.6 Å². The van der Waals surface area contributed by atoms with Crippen LogP contribution in [-0.2, 0) is 14.8 Å². The monoisotopic (exact) mass is 322 g/mol. The van der Waals surface area contributed by atoms with Gasteiger partial charge in [0.15, 0.2) is 0 Å². The van der Waals surface area contributed by atoms with Crippen LogP contribution in [0.2, 0.25) is 0 Å². The van der Waals surface area contributed by atoms with E-state index in [1.165, 1.54) is 0 Å². The number of allylic oxidation sites excluding steroid dienone is 2. The first-order chi connectivity index (χ1) is 10.3. The van der Waals surface area contributed by atoms with Crippen LogP contribution < -0.4 is 10.0 Å². The lowest BCUT2D eigenvalue weighted by Crippen LogP contribution is -2.28. The number of hydrogen-bond donors (Lipinski definition) is 2. The second-order valence-electron chi connectivity index (χ2n) is 5.72. The molecule has 1 aliphatic rings. The number of amides is 1. The molecule has 5 nitrogen and oxygen atoms in total. The number of carbonyl (C=O) groups excluding carboxylic acids is 1. The maximum atomic E-state index is 12.1. The topological polar surface area (TPSA) is 75.3 Å². The van der Waals surface area contributed by atoms with Crippen LogP contribution in [0.1, 0.15) is 37.8 Å². The fourth-order valence-corrected chi connectivity index (χ4v) is 3.23. The third kappa shape index (κ3) is 4.87. The van der Waals surface area contributed by atoms with Gasteiger partial charge in [-0.2, -0.15) is 0 Å². The average Bonchev–Trinajstić information content (AvgIpc) is 2.90. The molecule has 2 rings (SSSR count). The lowest BCUT2D eigenvalue weighted by molar-refractivity contribution is -0.122. The van der Waals surface area contributed by atoms with Crippen molar-refractivity contribution in [2.24, 2.45) is 5.92 Å². The molecular weight excluding hydrogens is 300 g/mol. The van der Waals surface area contributed by atoms with Crippen molar-refractivity contribution in [1.82, 2.24) is 5.32 Å². The number of nitrogens with one attached hydrogen (secondary N) is 2. The number of para-hydroxylation sites is 1. The summed E-state index contributed by atoms with van der Waals surface area (Å²) in [5.41, 5.74) is 1.25. The van der Waals surface area contributed by atoms with Crippen molar-refractivity contribution < 1.29 is 13.2 Å². The summed E-state index contributed by atoms with van der Waals surface area (Å²) in [7, 11) is -3.35. The van der Waals surface area contributed by atoms with Gasteiger partial charge >= 0.3 is 0 Å². The van der Waals surface area contributed by atoms with E-state index in [0.717, 1.165) is 24.7 Å². The maximum absolute atomic E-state index is 12.1. The zero-order valence-corrected chi connectivity index (χ0v) is 13.7. The highest BCUT2D eigenvalue weighted by Gasteiger charge is 2.18. The molecule has 1 aromatic carbocycles. The van der Waals surface area contributed by atoms with Gasteiger partial charge in [-0.1, -0.05) is 30.4 Å². The van der Waals surface area contributed by atoms with E-state index in [1.807, 2.05) is 19.1 Å². The van der Waals surface area contributed by atoms with Crippen LogP contribution in [0, 0.1) is 5.92 Å². The van der Waals surface area contributed by atoms with E-state index in [9.17, 15) is 13.2 Å². The fraction of sp³-hybridized carbons (Fsp3) is 0.438. The molecule has 0 unspecified atom stereocenters. The van der Waals surface area contributed by atoms with Crippen molar-refractivity contribution in [2.75, 3.05) is 11.0 Å². The van der Waals surface area contributed by atoms with Crippen LogP contribution in [0.15, 0.2) is 36.4 Å². The molecule has 0 saturated heterocycles. The summed E-state index contributed by atoms with van der Waals surface area (Å²) in [4.78, 5) is 12.1. The Morgan fingerprint density at radius 1 is 1.36 bits per heavy atom. The number of hydrogen-bond acceptors (Lipinski definition) is 3. The minimum Gasteiger partial charge on any atom is -0.349 e. The Morgan fingerprint density at radius 3 is 2.73 bits per heavy atom. The third-order valence-electron chi connectivity index (χ3n) is 3.66. The summed E-state index contributed by atoms with van der Waals surface area (Å²) < 4.78 is 25.3. The molecule has 0 spiro atoms. The number of sulfonamides is 1. The van der Waals surface area contributed by atoms with E-state index in [1.54, 1.807) is 12.1 Å². The van der Waals surface area contributed by atoms with Crippen LogP contribution in [0.5, 0.6) is 0 Å². The van der Waals surface area contributed by atoms with Crippen LogP contribution in [0.3, 0.4) is 0 Å². The third-order valence-corrected chi connectivity index (χ3v) is 4.25. The van der Waals surface area contributed by atoms with Gasteiger partial charge in [-0.3, -0.25) is 9.52 Å². The number of carbonyl (C=O) groups is 1. The standard InChI is InChI=1S/C16H22N2O3S/c1-12(17-16(19)11-13-7-3-4-8-13)14-9-5-6-10-15(14)18-22(2,20)21/h3,5-7,9-10,12-13,18H,4,8,11H2,1-2H3,(H,17,19)/t12-,13+/m1/s1. The summed E-state index contributed by atoms with van der Waals surface area (Å²) in [6.45, 7) is 1.85. The highest BCUT2D eigenvalue weighted by Crippen LogP contribution is 2.24. The Balaban J connectivity index is 2.04. The van der Waals surface area contributed by atoms with Crippen molar-refractivity contribution >= 4 is 21.6 Å². The molecule has 0 saturated carbocycles. The van der Waals surface area contributed by atoms with E-state index >= 15 is 0 Å².